The molecule has 27 heavy (non-hydrogen) atoms. The Kier molecular flexibility index (Phi) is 5.84. The fraction of sp³-hybridized carbons (Fsp3) is 0.538. The average molecular weight is 423 g/mol. The lowest BCUT2D eigenvalue weighted by Crippen LogP contribution is -2.69. The normalized spacial score (nSPS) is 14.6. The molecule has 0 aliphatic rings. The van der Waals surface area contributed by atoms with E-state index in [-0.39, 0.29) is 5.69 Å². The predicted octanol–water partition coefficient (Wildman–Crippen LogP) is 5.09. The van der Waals surface area contributed by atoms with Gasteiger partial charge >= 0.3 is 36.0 Å². The van der Waals surface area contributed by atoms with Crippen LogP contribution in [-0.4, -0.2) is 42.6 Å². The summed E-state index contributed by atoms with van der Waals surface area (Å²) in [5.41, 5.74) is 5.26. The van der Waals surface area contributed by atoms with Crippen molar-refractivity contribution in [3.63, 3.8) is 0 Å². The van der Waals surface area contributed by atoms with Crippen molar-refractivity contribution in [3.8, 4) is 5.75 Å². The van der Waals surface area contributed by atoms with Crippen LogP contribution < -0.4 is 10.5 Å². The molecule has 0 aromatic heterocycles. The van der Waals surface area contributed by atoms with Crippen molar-refractivity contribution in [1.29, 1.82) is 0 Å². The van der Waals surface area contributed by atoms with E-state index >= 15 is 0 Å². The molecule has 1 aromatic carbocycles. The Morgan fingerprint density at radius 3 is 1.59 bits per heavy atom. The molecule has 0 spiro atoms. The van der Waals surface area contributed by atoms with Crippen LogP contribution in [0.2, 0.25) is 0 Å². The van der Waals surface area contributed by atoms with E-state index in [2.05, 4.69) is 4.74 Å². The number of hydrogen-bond donors (Lipinski definition) is 1. The molecule has 0 saturated carbocycles. The van der Waals surface area contributed by atoms with Crippen LogP contribution in [-0.2, 0) is 0 Å². The van der Waals surface area contributed by atoms with Gasteiger partial charge < -0.3 is 10.5 Å². The fourth-order valence-electron chi connectivity index (χ4n) is 1.60. The summed E-state index contributed by atoms with van der Waals surface area (Å²) in [7, 11) is 0. The van der Waals surface area contributed by atoms with Gasteiger partial charge in [-0.1, -0.05) is 0 Å². The number of hydrogen-bond acceptors (Lipinski definition) is 2. The maximum absolute atomic E-state index is 13.4. The number of rotatable bonds is 8. The minimum Gasteiger partial charge on any atom is -0.487 e. The van der Waals surface area contributed by atoms with Crippen LogP contribution in [0.15, 0.2) is 24.3 Å². The molecule has 2 N–H and O–H groups in total. The summed E-state index contributed by atoms with van der Waals surface area (Å²) in [5, 5.41) is 0. The summed E-state index contributed by atoms with van der Waals surface area (Å²) in [6.45, 7) is -2.66. The molecule has 0 unspecified atom stereocenters. The molecule has 0 fully saturated rings. The first-order chi connectivity index (χ1) is 11.9. The van der Waals surface area contributed by atoms with E-state index in [0.29, 0.717) is 0 Å². The van der Waals surface area contributed by atoms with Gasteiger partial charge in [-0.15, -0.1) is 0 Å². The van der Waals surface area contributed by atoms with E-state index in [9.17, 15) is 52.7 Å². The molecule has 0 aliphatic heterocycles. The number of benzene rings is 1. The zero-order valence-electron chi connectivity index (χ0n) is 12.6. The standard InChI is InChI=1S/C13H9F12NO/c14-8(15)10(18,19)12(22,23)13(24,25)11(20,21)9(16,17)5-27-7-3-1-6(26)2-4-7/h1-4,8H,5,26H2. The molecule has 1 aromatic rings. The number of anilines is 1. The van der Waals surface area contributed by atoms with Crippen molar-refractivity contribution < 1.29 is 57.4 Å². The van der Waals surface area contributed by atoms with Gasteiger partial charge in [-0.25, -0.2) is 8.78 Å². The van der Waals surface area contributed by atoms with Gasteiger partial charge in [-0.05, 0) is 24.3 Å². The molecule has 0 radical (unpaired) electrons. The monoisotopic (exact) mass is 423 g/mol. The Labute approximate surface area is 142 Å². The minimum atomic E-state index is -7.56. The first kappa shape index (κ1) is 23.0. The third-order valence-corrected chi connectivity index (χ3v) is 3.24. The Morgan fingerprint density at radius 2 is 1.19 bits per heavy atom. The zero-order chi connectivity index (χ0) is 21.5. The van der Waals surface area contributed by atoms with Crippen LogP contribution in [0, 0.1) is 0 Å². The van der Waals surface area contributed by atoms with Gasteiger partial charge in [0.2, 0.25) is 0 Å². The SMILES string of the molecule is Nc1ccc(OCC(F)(F)C(F)(F)C(F)(F)C(F)(F)C(F)(F)C(F)F)cc1. The van der Waals surface area contributed by atoms with Crippen LogP contribution in [0.5, 0.6) is 5.75 Å². The molecule has 0 amide bonds. The van der Waals surface area contributed by atoms with Crippen molar-refractivity contribution in [2.45, 2.75) is 36.0 Å². The lowest BCUT2D eigenvalue weighted by Gasteiger charge is -2.39. The molecule has 2 nitrogen and oxygen atoms in total. The second-order valence-electron chi connectivity index (χ2n) is 5.21. The maximum Gasteiger partial charge on any atom is 0.384 e. The fourth-order valence-corrected chi connectivity index (χ4v) is 1.60. The smallest absolute Gasteiger partial charge is 0.384 e. The second kappa shape index (κ2) is 6.86. The Hall–Kier alpha value is -2.02. The molecule has 14 heteroatoms. The van der Waals surface area contributed by atoms with Crippen LogP contribution >= 0.6 is 0 Å². The highest BCUT2D eigenvalue weighted by atomic mass is 19.4. The summed E-state index contributed by atoms with van der Waals surface area (Å²) in [4.78, 5) is 0. The third-order valence-electron chi connectivity index (χ3n) is 3.24. The highest BCUT2D eigenvalue weighted by Crippen LogP contribution is 2.58. The van der Waals surface area contributed by atoms with E-state index < -0.39 is 48.4 Å². The lowest BCUT2D eigenvalue weighted by atomic mass is 9.94. The molecule has 0 heterocycles. The number of alkyl halides is 12. The van der Waals surface area contributed by atoms with E-state index in [1.807, 2.05) is 0 Å². The van der Waals surface area contributed by atoms with Gasteiger partial charge in [-0.2, -0.15) is 43.9 Å². The minimum absolute atomic E-state index is 0.0554. The molecule has 0 saturated heterocycles. The van der Waals surface area contributed by atoms with Crippen molar-refractivity contribution in [3.05, 3.63) is 24.3 Å². The molecular formula is C13H9F12NO. The molecule has 1 rings (SSSR count). The molecule has 0 atom stereocenters. The Morgan fingerprint density at radius 1 is 0.741 bits per heavy atom. The largest absolute Gasteiger partial charge is 0.487 e. The third kappa shape index (κ3) is 3.70. The molecule has 0 bridgehead atoms. The number of halogens is 12. The van der Waals surface area contributed by atoms with Crippen LogP contribution in [0.3, 0.4) is 0 Å². The van der Waals surface area contributed by atoms with E-state index in [1.54, 1.807) is 0 Å². The van der Waals surface area contributed by atoms with Crippen molar-refractivity contribution in [2.75, 3.05) is 12.3 Å². The van der Waals surface area contributed by atoms with E-state index in [4.69, 9.17) is 5.73 Å². The number of nitrogens with two attached hydrogens (primary N) is 1. The first-order valence-corrected chi connectivity index (χ1v) is 6.57. The van der Waals surface area contributed by atoms with Gasteiger partial charge in [-0.3, -0.25) is 0 Å². The summed E-state index contributed by atoms with van der Waals surface area (Å²) >= 11 is 0. The molecule has 156 valence electrons. The van der Waals surface area contributed by atoms with Gasteiger partial charge in [0.25, 0.3) is 0 Å². The average Bonchev–Trinajstić information content (AvgIpc) is 2.53. The summed E-state index contributed by atoms with van der Waals surface area (Å²) in [6, 6.07) is 3.66. The van der Waals surface area contributed by atoms with Crippen molar-refractivity contribution in [1.82, 2.24) is 0 Å². The van der Waals surface area contributed by atoms with Gasteiger partial charge in [0, 0.05) is 5.69 Å². The first-order valence-electron chi connectivity index (χ1n) is 6.57. The lowest BCUT2D eigenvalue weighted by molar-refractivity contribution is -0.414. The number of nitrogen functional groups attached to an aromatic ring is 1. The summed E-state index contributed by atoms with van der Waals surface area (Å²) in [6.07, 6.45) is -5.53. The summed E-state index contributed by atoms with van der Waals surface area (Å²) in [5.74, 6) is -36.1. The zero-order valence-corrected chi connectivity index (χ0v) is 12.6. The van der Waals surface area contributed by atoms with E-state index in [0.717, 1.165) is 24.3 Å². The topological polar surface area (TPSA) is 35.2 Å². The van der Waals surface area contributed by atoms with Crippen LogP contribution in [0.1, 0.15) is 0 Å². The highest BCUT2D eigenvalue weighted by Gasteiger charge is 2.87. The Balaban J connectivity index is 3.17. The summed E-state index contributed by atoms with van der Waals surface area (Å²) < 4.78 is 159. The van der Waals surface area contributed by atoms with Gasteiger partial charge in [0.05, 0.1) is 0 Å². The van der Waals surface area contributed by atoms with Gasteiger partial charge in [0.1, 0.15) is 5.75 Å². The Bertz CT molecular complexity index is 643. The van der Waals surface area contributed by atoms with Crippen molar-refractivity contribution in [2.24, 2.45) is 0 Å². The highest BCUT2D eigenvalue weighted by molar-refractivity contribution is 5.41. The van der Waals surface area contributed by atoms with Crippen LogP contribution in [0.4, 0.5) is 58.4 Å². The second-order valence-corrected chi connectivity index (χ2v) is 5.21. The van der Waals surface area contributed by atoms with Crippen LogP contribution in [0.25, 0.3) is 0 Å². The molecule has 0 aliphatic carbocycles. The van der Waals surface area contributed by atoms with E-state index in [1.165, 1.54) is 0 Å². The predicted molar refractivity (Wildman–Crippen MR) is 67.1 cm³/mol. The quantitative estimate of drug-likeness (QED) is 0.467. The van der Waals surface area contributed by atoms with Crippen molar-refractivity contribution >= 4 is 5.69 Å². The molecular weight excluding hydrogens is 414 g/mol. The maximum atomic E-state index is 13.4. The van der Waals surface area contributed by atoms with Gasteiger partial charge in [0.15, 0.2) is 6.61 Å². The number of ether oxygens (including phenoxy) is 1.